The summed E-state index contributed by atoms with van der Waals surface area (Å²) in [6.07, 6.45) is 0.150. The Morgan fingerprint density at radius 3 is 2.10 bits per heavy atom. The first-order chi connectivity index (χ1) is 14.1. The van der Waals surface area contributed by atoms with Crippen molar-refractivity contribution in [1.29, 1.82) is 21.0 Å². The maximum Gasteiger partial charge on any atom is 0.342 e. The van der Waals surface area contributed by atoms with E-state index in [9.17, 15) is 25.8 Å². The molecule has 0 radical (unpaired) electrons. The Morgan fingerprint density at radius 2 is 1.48 bits per heavy atom. The highest BCUT2D eigenvalue weighted by atomic mass is 16.4. The Morgan fingerprint density at radius 1 is 0.862 bits per heavy atom. The van der Waals surface area contributed by atoms with Gasteiger partial charge in [-0.2, -0.15) is 21.0 Å². The van der Waals surface area contributed by atoms with Gasteiger partial charge in [-0.25, -0.2) is 4.79 Å². The number of hydrogen-bond donors (Lipinski definition) is 0. The lowest BCUT2D eigenvalue weighted by Gasteiger charge is -2.42. The molecule has 0 spiro atoms. The summed E-state index contributed by atoms with van der Waals surface area (Å²) < 4.78 is 5.37. The molecule has 136 valence electrons. The maximum absolute atomic E-state index is 12.9. The van der Waals surface area contributed by atoms with Gasteiger partial charge in [0.05, 0.1) is 29.8 Å². The number of para-hydroxylation sites is 1. The van der Waals surface area contributed by atoms with Crippen molar-refractivity contribution in [2.24, 2.45) is 5.41 Å². The van der Waals surface area contributed by atoms with Crippen molar-refractivity contribution < 1.29 is 4.42 Å². The molecule has 4 rings (SSSR count). The van der Waals surface area contributed by atoms with Crippen molar-refractivity contribution in [3.05, 3.63) is 81.7 Å². The molecule has 1 aliphatic rings. The van der Waals surface area contributed by atoms with E-state index in [2.05, 4.69) is 0 Å². The molecule has 6 nitrogen and oxygen atoms in total. The third kappa shape index (κ3) is 2.15. The van der Waals surface area contributed by atoms with Crippen LogP contribution in [0.25, 0.3) is 11.0 Å². The van der Waals surface area contributed by atoms with E-state index in [4.69, 9.17) is 4.42 Å². The van der Waals surface area contributed by atoms with Crippen LogP contribution in [0.1, 0.15) is 22.6 Å². The molecule has 0 saturated heterocycles. The molecule has 1 heterocycles. The second kappa shape index (κ2) is 6.35. The smallest absolute Gasteiger partial charge is 0.342 e. The fraction of sp³-hybridized carbons (Fsp3) is 0.174. The minimum Gasteiger partial charge on any atom is -0.422 e. The number of benzene rings is 2. The third-order valence-electron chi connectivity index (χ3n) is 5.71. The molecule has 0 amide bonds. The van der Waals surface area contributed by atoms with E-state index < -0.39 is 22.4 Å². The Labute approximate surface area is 166 Å². The molecule has 1 unspecified atom stereocenters. The lowest BCUT2D eigenvalue weighted by Crippen LogP contribution is -2.53. The summed E-state index contributed by atoms with van der Waals surface area (Å²) in [5, 5.41) is 41.0. The van der Waals surface area contributed by atoms with Gasteiger partial charge < -0.3 is 4.42 Å². The Kier molecular flexibility index (Phi) is 3.94. The zero-order chi connectivity index (χ0) is 20.6. The molecular weight excluding hydrogens is 364 g/mol. The van der Waals surface area contributed by atoms with Crippen LogP contribution in [0.15, 0.2) is 63.8 Å². The van der Waals surface area contributed by atoms with Crippen molar-refractivity contribution in [3.63, 3.8) is 0 Å². The molecular formula is C23H12N4O2. The van der Waals surface area contributed by atoms with Crippen molar-refractivity contribution in [2.45, 2.75) is 17.8 Å². The zero-order valence-electron chi connectivity index (χ0n) is 15.1. The standard InChI is InChI=1S/C23H12N4O2/c24-11-22(12-25)18(15-6-2-1-3-7-15)10-17-16-8-4-5-9-19(16)29-21(28)20(17)23(22,13-26)14-27/h1-9,18H,10H2. The van der Waals surface area contributed by atoms with Gasteiger partial charge in [0.1, 0.15) is 5.58 Å². The van der Waals surface area contributed by atoms with Gasteiger partial charge >= 0.3 is 5.63 Å². The summed E-state index contributed by atoms with van der Waals surface area (Å²) in [6.45, 7) is 0. The number of hydrogen-bond acceptors (Lipinski definition) is 6. The normalized spacial score (nSPS) is 18.4. The number of nitrogens with zero attached hydrogens (tertiary/aromatic N) is 4. The predicted molar refractivity (Wildman–Crippen MR) is 102 cm³/mol. The van der Waals surface area contributed by atoms with E-state index in [-0.39, 0.29) is 12.0 Å². The van der Waals surface area contributed by atoms with E-state index in [0.717, 1.165) is 0 Å². The molecule has 1 aromatic heterocycles. The van der Waals surface area contributed by atoms with Crippen molar-refractivity contribution in [2.75, 3.05) is 0 Å². The van der Waals surface area contributed by atoms with Gasteiger partial charge in [-0.15, -0.1) is 0 Å². The quantitative estimate of drug-likeness (QED) is 0.599. The largest absolute Gasteiger partial charge is 0.422 e. The van der Waals surface area contributed by atoms with E-state index >= 15 is 0 Å². The van der Waals surface area contributed by atoms with Crippen LogP contribution in [0.3, 0.4) is 0 Å². The highest BCUT2D eigenvalue weighted by molar-refractivity contribution is 5.83. The number of rotatable bonds is 1. The molecule has 0 N–H and O–H groups in total. The summed E-state index contributed by atoms with van der Waals surface area (Å²) in [7, 11) is 0. The van der Waals surface area contributed by atoms with Gasteiger partial charge in [-0.1, -0.05) is 48.5 Å². The molecule has 0 bridgehead atoms. The Bertz CT molecular complexity index is 1330. The average Bonchev–Trinajstić information content (AvgIpc) is 2.78. The van der Waals surface area contributed by atoms with Crippen LogP contribution in [0.5, 0.6) is 0 Å². The topological polar surface area (TPSA) is 125 Å². The van der Waals surface area contributed by atoms with Gasteiger partial charge in [0.2, 0.25) is 5.41 Å². The summed E-state index contributed by atoms with van der Waals surface area (Å²) in [4.78, 5) is 12.9. The highest BCUT2D eigenvalue weighted by Crippen LogP contribution is 2.56. The summed E-state index contributed by atoms with van der Waals surface area (Å²) in [5.74, 6) is -0.782. The highest BCUT2D eigenvalue weighted by Gasteiger charge is 2.65. The van der Waals surface area contributed by atoms with Crippen LogP contribution in [-0.2, 0) is 11.8 Å². The second-order valence-corrected chi connectivity index (χ2v) is 6.91. The van der Waals surface area contributed by atoms with E-state index in [1.54, 1.807) is 54.6 Å². The van der Waals surface area contributed by atoms with Gasteiger partial charge in [0, 0.05) is 11.3 Å². The first-order valence-electron chi connectivity index (χ1n) is 8.83. The van der Waals surface area contributed by atoms with Gasteiger partial charge in [-0.3, -0.25) is 0 Å². The monoisotopic (exact) mass is 376 g/mol. The van der Waals surface area contributed by atoms with Crippen LogP contribution >= 0.6 is 0 Å². The fourth-order valence-electron chi connectivity index (χ4n) is 4.34. The molecule has 1 aliphatic carbocycles. The van der Waals surface area contributed by atoms with Crippen molar-refractivity contribution in [1.82, 2.24) is 0 Å². The molecule has 2 aromatic carbocycles. The Balaban J connectivity index is 2.22. The molecule has 0 aliphatic heterocycles. The SMILES string of the molecule is N#CC1(C#N)c2c(c3ccccc3oc2=O)CC(c2ccccc2)C1(C#N)C#N. The average molecular weight is 376 g/mol. The summed E-state index contributed by atoms with van der Waals surface area (Å²) in [5.41, 5.74) is -4.02. The lowest BCUT2D eigenvalue weighted by atomic mass is 9.50. The second-order valence-electron chi connectivity index (χ2n) is 6.91. The maximum atomic E-state index is 12.9. The number of nitriles is 4. The molecule has 6 heteroatoms. The van der Waals surface area contributed by atoms with Crippen molar-refractivity contribution >= 4 is 11.0 Å². The lowest BCUT2D eigenvalue weighted by molar-refractivity contribution is 0.287. The van der Waals surface area contributed by atoms with Crippen LogP contribution < -0.4 is 5.63 Å². The summed E-state index contributed by atoms with van der Waals surface area (Å²) in [6, 6.07) is 23.3. The molecule has 0 saturated carbocycles. The van der Waals surface area contributed by atoms with Crippen molar-refractivity contribution in [3.8, 4) is 24.3 Å². The third-order valence-corrected chi connectivity index (χ3v) is 5.71. The minimum atomic E-state index is -2.30. The van der Waals surface area contributed by atoms with E-state index in [1.165, 1.54) is 0 Å². The predicted octanol–water partition coefficient (Wildman–Crippen LogP) is 3.45. The molecule has 1 atom stereocenters. The minimum absolute atomic E-state index is 0.150. The van der Waals surface area contributed by atoms with Gasteiger partial charge in [0.15, 0.2) is 5.41 Å². The molecule has 0 fully saturated rings. The van der Waals surface area contributed by atoms with Gasteiger partial charge in [-0.05, 0) is 23.6 Å². The van der Waals surface area contributed by atoms with E-state index in [1.807, 2.05) is 24.3 Å². The zero-order valence-corrected chi connectivity index (χ0v) is 15.1. The fourth-order valence-corrected chi connectivity index (χ4v) is 4.34. The van der Waals surface area contributed by atoms with Crippen LogP contribution in [0.2, 0.25) is 0 Å². The summed E-state index contributed by atoms with van der Waals surface area (Å²) >= 11 is 0. The van der Waals surface area contributed by atoms with Crippen LogP contribution in [0, 0.1) is 50.7 Å². The number of fused-ring (bicyclic) bond motifs is 3. The Hall–Kier alpha value is -4.39. The van der Waals surface area contributed by atoms with Crippen LogP contribution in [-0.4, -0.2) is 0 Å². The van der Waals surface area contributed by atoms with Gasteiger partial charge in [0.25, 0.3) is 0 Å². The molecule has 29 heavy (non-hydrogen) atoms. The molecule has 3 aromatic rings. The van der Waals surface area contributed by atoms with E-state index in [0.29, 0.717) is 22.1 Å². The van der Waals surface area contributed by atoms with Crippen LogP contribution in [0.4, 0.5) is 0 Å². The first-order valence-corrected chi connectivity index (χ1v) is 8.83. The first kappa shape index (κ1) is 18.0.